The Labute approximate surface area is 204 Å². The van der Waals surface area contributed by atoms with Crippen LogP contribution in [0.4, 0.5) is 22.0 Å². The Balaban J connectivity index is 0.00000167. The van der Waals surface area contributed by atoms with Crippen LogP contribution in [0.15, 0.2) is 71.4 Å². The summed E-state index contributed by atoms with van der Waals surface area (Å²) in [7, 11) is 0.500. The molecule has 1 unspecified atom stereocenters. The van der Waals surface area contributed by atoms with E-state index in [1.165, 1.54) is 37.1 Å². The molecule has 0 radical (unpaired) electrons. The fourth-order valence-corrected chi connectivity index (χ4v) is 4.57. The molecule has 0 saturated carbocycles. The summed E-state index contributed by atoms with van der Waals surface area (Å²) in [6, 6.07) is 5.31. The quantitative estimate of drug-likeness (QED) is 0.246. The van der Waals surface area contributed by atoms with E-state index in [-0.39, 0.29) is 27.5 Å². The number of hydrogen-bond acceptors (Lipinski definition) is 5. The SMILES string of the molecule is C=C/C=C(F)\C(=C/C)C1(c2ccc(F)cc2F)Oc2cc(F)c(SN3CCOCC3)cc2O1.CF. The first-order chi connectivity index (χ1) is 16.9. The van der Waals surface area contributed by atoms with Crippen LogP contribution in [0.5, 0.6) is 11.5 Å². The van der Waals surface area contributed by atoms with Crippen molar-refractivity contribution in [3.63, 3.8) is 0 Å². The summed E-state index contributed by atoms with van der Waals surface area (Å²) < 4.78 is 87.1. The third-order valence-corrected chi connectivity index (χ3v) is 6.29. The second-order valence-corrected chi connectivity index (χ2v) is 8.40. The second kappa shape index (κ2) is 11.7. The van der Waals surface area contributed by atoms with Gasteiger partial charge in [-0.05, 0) is 37.1 Å². The van der Waals surface area contributed by atoms with Crippen molar-refractivity contribution in [2.75, 3.05) is 33.5 Å². The van der Waals surface area contributed by atoms with E-state index in [0.29, 0.717) is 39.5 Å². The number of fused-ring (bicyclic) bond motifs is 1. The average molecular weight is 514 g/mol. The lowest BCUT2D eigenvalue weighted by atomic mass is 9.94. The zero-order valence-corrected chi connectivity index (χ0v) is 19.9. The monoisotopic (exact) mass is 513 g/mol. The number of nitrogens with zero attached hydrogens (tertiary/aromatic N) is 1. The van der Waals surface area contributed by atoms with E-state index in [1.54, 1.807) is 0 Å². The number of ether oxygens (including phenoxy) is 3. The fraction of sp³-hybridized carbons (Fsp3) is 0.280. The minimum Gasteiger partial charge on any atom is -0.440 e. The number of morpholine rings is 1. The zero-order valence-electron chi connectivity index (χ0n) is 19.1. The molecular formula is C25H24F5NO3S. The molecule has 0 amide bonds. The van der Waals surface area contributed by atoms with Crippen molar-refractivity contribution in [2.45, 2.75) is 17.6 Å². The van der Waals surface area contributed by atoms with Gasteiger partial charge in [0.1, 0.15) is 23.3 Å². The third-order valence-electron chi connectivity index (χ3n) is 5.15. The molecule has 1 atom stereocenters. The van der Waals surface area contributed by atoms with Gasteiger partial charge in [0, 0.05) is 31.3 Å². The molecule has 0 aliphatic carbocycles. The van der Waals surface area contributed by atoms with Gasteiger partial charge in [0.2, 0.25) is 0 Å². The second-order valence-electron chi connectivity index (χ2n) is 7.26. The topological polar surface area (TPSA) is 30.9 Å². The summed E-state index contributed by atoms with van der Waals surface area (Å²) in [6.07, 6.45) is 3.63. The summed E-state index contributed by atoms with van der Waals surface area (Å²) >= 11 is 1.19. The molecule has 35 heavy (non-hydrogen) atoms. The molecule has 2 aliphatic rings. The molecule has 4 rings (SSSR count). The predicted octanol–water partition coefficient (Wildman–Crippen LogP) is 6.64. The Bertz CT molecular complexity index is 1130. The minimum absolute atomic E-state index is 0.0340. The molecule has 2 aliphatic heterocycles. The van der Waals surface area contributed by atoms with E-state index in [2.05, 4.69) is 6.58 Å². The molecular weight excluding hydrogens is 489 g/mol. The van der Waals surface area contributed by atoms with Crippen LogP contribution in [0.2, 0.25) is 0 Å². The predicted molar refractivity (Wildman–Crippen MR) is 124 cm³/mol. The van der Waals surface area contributed by atoms with Crippen LogP contribution >= 0.6 is 11.9 Å². The van der Waals surface area contributed by atoms with E-state index >= 15 is 4.39 Å². The van der Waals surface area contributed by atoms with Gasteiger partial charge in [-0.2, -0.15) is 0 Å². The smallest absolute Gasteiger partial charge is 0.311 e. The van der Waals surface area contributed by atoms with Gasteiger partial charge in [0.25, 0.3) is 0 Å². The highest BCUT2D eigenvalue weighted by molar-refractivity contribution is 7.97. The van der Waals surface area contributed by atoms with Crippen molar-refractivity contribution in [1.82, 2.24) is 4.31 Å². The lowest BCUT2D eigenvalue weighted by molar-refractivity contribution is -0.0527. The van der Waals surface area contributed by atoms with Crippen molar-refractivity contribution in [2.24, 2.45) is 0 Å². The van der Waals surface area contributed by atoms with Gasteiger partial charge in [0.15, 0.2) is 11.5 Å². The molecule has 2 aromatic rings. The van der Waals surface area contributed by atoms with Gasteiger partial charge >= 0.3 is 5.79 Å². The van der Waals surface area contributed by atoms with E-state index in [1.807, 2.05) is 4.31 Å². The molecule has 1 fully saturated rings. The lowest BCUT2D eigenvalue weighted by Crippen LogP contribution is -2.39. The maximum atomic E-state index is 15.0. The summed E-state index contributed by atoms with van der Waals surface area (Å²) in [4.78, 5) is 0.263. The Morgan fingerprint density at radius 2 is 1.69 bits per heavy atom. The first kappa shape index (κ1) is 26.8. The fourth-order valence-electron chi connectivity index (χ4n) is 3.65. The van der Waals surface area contributed by atoms with Gasteiger partial charge < -0.3 is 14.2 Å². The summed E-state index contributed by atoms with van der Waals surface area (Å²) in [5.41, 5.74) is -0.435. The maximum Gasteiger partial charge on any atom is 0.311 e. The van der Waals surface area contributed by atoms with Crippen LogP contribution in [0.1, 0.15) is 12.5 Å². The van der Waals surface area contributed by atoms with Crippen molar-refractivity contribution < 1.29 is 36.2 Å². The van der Waals surface area contributed by atoms with Gasteiger partial charge in [-0.3, -0.25) is 4.39 Å². The van der Waals surface area contributed by atoms with Gasteiger partial charge in [-0.15, -0.1) is 0 Å². The van der Waals surface area contributed by atoms with E-state index < -0.39 is 29.1 Å². The Morgan fingerprint density at radius 3 is 2.29 bits per heavy atom. The van der Waals surface area contributed by atoms with Gasteiger partial charge in [-0.25, -0.2) is 21.9 Å². The number of benzene rings is 2. The number of hydrogen-bond donors (Lipinski definition) is 0. The minimum atomic E-state index is -2.13. The molecule has 4 nitrogen and oxygen atoms in total. The first-order valence-electron chi connectivity index (χ1n) is 10.6. The molecule has 2 aromatic carbocycles. The van der Waals surface area contributed by atoms with Crippen LogP contribution in [0.3, 0.4) is 0 Å². The number of allylic oxidation sites excluding steroid dienone is 3. The van der Waals surface area contributed by atoms with Gasteiger partial charge in [0.05, 0.1) is 36.4 Å². The van der Waals surface area contributed by atoms with Gasteiger partial charge in [-0.1, -0.05) is 18.7 Å². The number of halogens is 5. The Kier molecular flexibility index (Phi) is 8.98. The standard InChI is InChI=1S/C24H21F4NO3S.CH3F/c1-3-5-18(26)16(4-2)24(17-7-6-15(25)12-19(17)27)31-21-13-20(28)23(14-22(21)32-24)33-29-8-10-30-11-9-29;1-2/h3-7,12-14H,1,8-11H2,2H3;1H3/b16-4+,18-5+;. The van der Waals surface area contributed by atoms with Crippen molar-refractivity contribution in [1.29, 1.82) is 0 Å². The summed E-state index contributed by atoms with van der Waals surface area (Å²) in [5, 5.41) is 0. The summed E-state index contributed by atoms with van der Waals surface area (Å²) in [5.74, 6) is -5.26. The van der Waals surface area contributed by atoms with Crippen LogP contribution in [0.25, 0.3) is 0 Å². The van der Waals surface area contributed by atoms with Crippen LogP contribution in [-0.2, 0) is 10.5 Å². The molecule has 0 aromatic heterocycles. The molecule has 188 valence electrons. The molecule has 0 N–H and O–H groups in total. The Morgan fingerprint density at radius 1 is 1.03 bits per heavy atom. The average Bonchev–Trinajstić information content (AvgIpc) is 3.20. The molecule has 2 heterocycles. The largest absolute Gasteiger partial charge is 0.440 e. The van der Waals surface area contributed by atoms with E-state index in [4.69, 9.17) is 14.2 Å². The normalized spacial score (nSPS) is 20.3. The zero-order chi connectivity index (χ0) is 25.6. The highest BCUT2D eigenvalue weighted by Crippen LogP contribution is 2.51. The van der Waals surface area contributed by atoms with Crippen molar-refractivity contribution in [3.05, 3.63) is 89.6 Å². The molecule has 1 saturated heterocycles. The van der Waals surface area contributed by atoms with Crippen LogP contribution in [-0.4, -0.2) is 37.8 Å². The number of rotatable bonds is 6. The Hall–Kier alpha value is -2.82. The van der Waals surface area contributed by atoms with Crippen molar-refractivity contribution in [3.8, 4) is 11.5 Å². The van der Waals surface area contributed by atoms with Crippen LogP contribution in [0, 0.1) is 17.5 Å². The lowest BCUT2D eigenvalue weighted by Gasteiger charge is -2.30. The third kappa shape index (κ3) is 5.55. The highest BCUT2D eigenvalue weighted by atomic mass is 32.2. The molecule has 0 spiro atoms. The van der Waals surface area contributed by atoms with E-state index in [9.17, 15) is 17.6 Å². The van der Waals surface area contributed by atoms with E-state index in [0.717, 1.165) is 24.3 Å². The summed E-state index contributed by atoms with van der Waals surface area (Å²) in [6.45, 7) is 7.29. The number of alkyl halides is 1. The first-order valence-corrected chi connectivity index (χ1v) is 11.4. The van der Waals surface area contributed by atoms with Crippen LogP contribution < -0.4 is 9.47 Å². The highest BCUT2D eigenvalue weighted by Gasteiger charge is 2.50. The molecule has 10 heteroatoms. The molecule has 0 bridgehead atoms. The maximum absolute atomic E-state index is 15.0. The van der Waals surface area contributed by atoms with Crippen molar-refractivity contribution >= 4 is 11.9 Å².